The Morgan fingerprint density at radius 1 is 1.42 bits per heavy atom. The first-order valence-corrected chi connectivity index (χ1v) is 7.88. The van der Waals surface area contributed by atoms with Crippen LogP contribution < -0.4 is 15.8 Å². The van der Waals surface area contributed by atoms with E-state index in [1.165, 1.54) is 12.3 Å². The largest absolute Gasteiger partial charge is 0.367 e. The summed E-state index contributed by atoms with van der Waals surface area (Å²) in [5, 5.41) is 10.5. The lowest BCUT2D eigenvalue weighted by atomic mass is 10.2. The van der Waals surface area contributed by atoms with Gasteiger partial charge in [0, 0.05) is 24.2 Å². The summed E-state index contributed by atoms with van der Waals surface area (Å²) in [4.78, 5) is 20.9. The summed E-state index contributed by atoms with van der Waals surface area (Å²) in [6.07, 6.45) is 2.23. The molecule has 3 heterocycles. The van der Waals surface area contributed by atoms with Gasteiger partial charge in [0.1, 0.15) is 11.2 Å². The van der Waals surface area contributed by atoms with Gasteiger partial charge in [0.15, 0.2) is 5.65 Å². The van der Waals surface area contributed by atoms with Crippen molar-refractivity contribution in [2.75, 3.05) is 23.3 Å². The Morgan fingerprint density at radius 3 is 3.12 bits per heavy atom. The van der Waals surface area contributed by atoms with E-state index in [0.717, 1.165) is 6.42 Å². The number of halogens is 2. The molecule has 0 bridgehead atoms. The van der Waals surface area contributed by atoms with E-state index in [-0.39, 0.29) is 17.4 Å². The van der Waals surface area contributed by atoms with Crippen molar-refractivity contribution < 1.29 is 4.39 Å². The number of benzene rings is 1. The summed E-state index contributed by atoms with van der Waals surface area (Å²) in [6.45, 7) is 1.30. The van der Waals surface area contributed by atoms with Gasteiger partial charge >= 0.3 is 0 Å². The molecule has 4 rings (SSSR count). The van der Waals surface area contributed by atoms with E-state index in [9.17, 15) is 9.18 Å². The Balaban J connectivity index is 1.51. The van der Waals surface area contributed by atoms with Gasteiger partial charge in [0.05, 0.1) is 11.9 Å². The number of nitrogens with one attached hydrogen (secondary N) is 3. The number of hydrogen-bond donors (Lipinski definition) is 3. The van der Waals surface area contributed by atoms with Gasteiger partial charge in [-0.2, -0.15) is 10.1 Å². The molecule has 24 heavy (non-hydrogen) atoms. The smallest absolute Gasteiger partial charge is 0.263 e. The van der Waals surface area contributed by atoms with Crippen LogP contribution in [0.4, 0.5) is 16.0 Å². The summed E-state index contributed by atoms with van der Waals surface area (Å²) in [5.41, 5.74) is 0.698. The quantitative estimate of drug-likeness (QED) is 0.674. The van der Waals surface area contributed by atoms with Gasteiger partial charge in [0.2, 0.25) is 5.95 Å². The molecule has 1 fully saturated rings. The number of fused-ring (bicyclic) bond motifs is 1. The topological polar surface area (TPSA) is 89.7 Å². The Labute approximate surface area is 140 Å². The third-order valence-corrected chi connectivity index (χ3v) is 4.33. The second-order valence-corrected chi connectivity index (χ2v) is 6.15. The van der Waals surface area contributed by atoms with Crippen molar-refractivity contribution in [1.82, 2.24) is 20.2 Å². The minimum Gasteiger partial charge on any atom is -0.367 e. The molecule has 1 saturated heterocycles. The lowest BCUT2D eigenvalue weighted by molar-refractivity contribution is 0.623. The lowest BCUT2D eigenvalue weighted by Gasteiger charge is -2.20. The molecule has 7 nitrogen and oxygen atoms in total. The highest BCUT2D eigenvalue weighted by molar-refractivity contribution is 6.30. The molecule has 2 aromatic heterocycles. The zero-order valence-corrected chi connectivity index (χ0v) is 13.3. The van der Waals surface area contributed by atoms with Crippen LogP contribution in [0.2, 0.25) is 5.02 Å². The normalized spacial score (nSPS) is 17.6. The monoisotopic (exact) mass is 348 g/mol. The molecule has 124 valence electrons. The van der Waals surface area contributed by atoms with Gasteiger partial charge in [-0.05, 0) is 24.6 Å². The predicted molar refractivity (Wildman–Crippen MR) is 90.2 cm³/mol. The van der Waals surface area contributed by atoms with E-state index in [2.05, 4.69) is 25.5 Å². The number of aromatic amines is 2. The second-order valence-electron chi connectivity index (χ2n) is 5.72. The van der Waals surface area contributed by atoms with Crippen LogP contribution in [0.3, 0.4) is 0 Å². The number of H-pyrrole nitrogens is 2. The van der Waals surface area contributed by atoms with Gasteiger partial charge < -0.3 is 10.2 Å². The molecule has 1 aliphatic rings. The standard InChI is InChI=1S/C15H14ClFN6O/c16-8-1-2-12(11(17)5-8)23-4-3-9(7-23)19-15-20-13-10(6-18-22-13)14(24)21-15/h1-2,5-6,9H,3-4,7H2,(H3,18,19,20,21,22,24). The van der Waals surface area contributed by atoms with Crippen molar-refractivity contribution in [2.45, 2.75) is 12.5 Å². The van der Waals surface area contributed by atoms with Crippen LogP contribution in [0.5, 0.6) is 0 Å². The number of rotatable bonds is 3. The van der Waals surface area contributed by atoms with Gasteiger partial charge in [-0.1, -0.05) is 11.6 Å². The second kappa shape index (κ2) is 5.79. The zero-order chi connectivity index (χ0) is 16.7. The van der Waals surface area contributed by atoms with Gasteiger partial charge in [-0.3, -0.25) is 14.9 Å². The fourth-order valence-electron chi connectivity index (χ4n) is 2.94. The van der Waals surface area contributed by atoms with Gasteiger partial charge in [-0.15, -0.1) is 0 Å². The van der Waals surface area contributed by atoms with Crippen molar-refractivity contribution in [3.8, 4) is 0 Å². The molecule has 0 radical (unpaired) electrons. The molecular formula is C15H14ClFN6O. The highest BCUT2D eigenvalue weighted by Crippen LogP contribution is 2.26. The Kier molecular flexibility index (Phi) is 3.61. The van der Waals surface area contributed by atoms with Crippen LogP contribution >= 0.6 is 11.6 Å². The highest BCUT2D eigenvalue weighted by Gasteiger charge is 2.25. The van der Waals surface area contributed by atoms with E-state index >= 15 is 0 Å². The van der Waals surface area contributed by atoms with Crippen molar-refractivity contribution in [3.05, 3.63) is 45.6 Å². The first-order chi connectivity index (χ1) is 11.6. The Morgan fingerprint density at radius 2 is 2.29 bits per heavy atom. The minimum atomic E-state index is -0.339. The maximum atomic E-state index is 14.0. The van der Waals surface area contributed by atoms with Crippen molar-refractivity contribution in [3.63, 3.8) is 0 Å². The summed E-state index contributed by atoms with van der Waals surface area (Å²) >= 11 is 5.79. The SMILES string of the molecule is O=c1[nH]c(NC2CCN(c3ccc(Cl)cc3F)C2)nc2[nH]ncc12. The van der Waals surface area contributed by atoms with E-state index in [0.29, 0.717) is 40.8 Å². The van der Waals surface area contributed by atoms with Crippen LogP contribution in [-0.2, 0) is 0 Å². The van der Waals surface area contributed by atoms with E-state index in [4.69, 9.17) is 11.6 Å². The average molecular weight is 349 g/mol. The van der Waals surface area contributed by atoms with Crippen molar-refractivity contribution >= 4 is 34.3 Å². The summed E-state index contributed by atoms with van der Waals surface area (Å²) in [6, 6.07) is 4.70. The number of aromatic nitrogens is 4. The van der Waals surface area contributed by atoms with Crippen molar-refractivity contribution in [1.29, 1.82) is 0 Å². The minimum absolute atomic E-state index is 0.0450. The molecule has 3 aromatic rings. The van der Waals surface area contributed by atoms with Crippen LogP contribution in [0, 0.1) is 5.82 Å². The first kappa shape index (κ1) is 14.9. The molecule has 1 aromatic carbocycles. The molecular weight excluding hydrogens is 335 g/mol. The summed E-state index contributed by atoms with van der Waals surface area (Å²) in [5.74, 6) is 0.0359. The maximum absolute atomic E-state index is 14.0. The van der Waals surface area contributed by atoms with E-state index < -0.39 is 0 Å². The fourth-order valence-corrected chi connectivity index (χ4v) is 3.10. The Hall–Kier alpha value is -2.61. The third-order valence-electron chi connectivity index (χ3n) is 4.10. The Bertz CT molecular complexity index is 955. The molecule has 1 aliphatic heterocycles. The third kappa shape index (κ3) is 2.69. The highest BCUT2D eigenvalue weighted by atomic mass is 35.5. The molecule has 0 spiro atoms. The molecule has 0 saturated carbocycles. The number of hydrogen-bond acceptors (Lipinski definition) is 5. The molecule has 1 unspecified atom stereocenters. The molecule has 9 heteroatoms. The maximum Gasteiger partial charge on any atom is 0.263 e. The summed E-state index contributed by atoms with van der Waals surface area (Å²) < 4.78 is 14.0. The van der Waals surface area contributed by atoms with Gasteiger partial charge in [0.25, 0.3) is 5.56 Å². The first-order valence-electron chi connectivity index (χ1n) is 7.50. The number of nitrogens with zero attached hydrogens (tertiary/aromatic N) is 3. The molecule has 3 N–H and O–H groups in total. The van der Waals surface area contributed by atoms with Gasteiger partial charge in [-0.25, -0.2) is 4.39 Å². The van der Waals surface area contributed by atoms with Crippen LogP contribution in [0.1, 0.15) is 6.42 Å². The zero-order valence-electron chi connectivity index (χ0n) is 12.5. The van der Waals surface area contributed by atoms with Crippen LogP contribution in [0.25, 0.3) is 11.0 Å². The average Bonchev–Trinajstić information content (AvgIpc) is 3.17. The fraction of sp³-hybridized carbons (Fsp3) is 0.267. The molecule has 1 atom stereocenters. The van der Waals surface area contributed by atoms with E-state index in [1.807, 2.05) is 4.90 Å². The molecule has 0 aliphatic carbocycles. The summed E-state index contributed by atoms with van der Waals surface area (Å²) in [7, 11) is 0. The van der Waals surface area contributed by atoms with E-state index in [1.54, 1.807) is 12.1 Å². The predicted octanol–water partition coefficient (Wildman–Crippen LogP) is 2.13. The molecule has 0 amide bonds. The van der Waals surface area contributed by atoms with Crippen LogP contribution in [-0.4, -0.2) is 39.3 Å². The van der Waals surface area contributed by atoms with Crippen LogP contribution in [0.15, 0.2) is 29.2 Å². The number of anilines is 2. The van der Waals surface area contributed by atoms with Crippen molar-refractivity contribution in [2.24, 2.45) is 0 Å². The lowest BCUT2D eigenvalue weighted by Crippen LogP contribution is -2.28.